The molecule has 3 heterocycles. The molecule has 24 heavy (non-hydrogen) atoms. The average Bonchev–Trinajstić information content (AvgIpc) is 2.99. The first kappa shape index (κ1) is 16.4. The summed E-state index contributed by atoms with van der Waals surface area (Å²) in [6.07, 6.45) is 1.75. The Kier molecular flexibility index (Phi) is 4.80. The van der Waals surface area contributed by atoms with Crippen LogP contribution in [0.5, 0.6) is 0 Å². The fourth-order valence-corrected chi connectivity index (χ4v) is 2.65. The fourth-order valence-electron chi connectivity index (χ4n) is 2.65. The Morgan fingerprint density at radius 1 is 1.29 bits per heavy atom. The molecule has 128 valence electrons. The minimum Gasteiger partial charge on any atom is -0.378 e. The Morgan fingerprint density at radius 2 is 2.04 bits per heavy atom. The zero-order chi connectivity index (χ0) is 17.1. The van der Waals surface area contributed by atoms with Crippen LogP contribution in [0.15, 0.2) is 24.4 Å². The number of rotatable bonds is 4. The summed E-state index contributed by atoms with van der Waals surface area (Å²) < 4.78 is 6.96. The number of hydrogen-bond donors (Lipinski definition) is 1. The summed E-state index contributed by atoms with van der Waals surface area (Å²) in [6, 6.07) is 5.46. The molecule has 1 aliphatic rings. The number of amides is 2. The largest absolute Gasteiger partial charge is 0.378 e. The predicted octanol–water partition coefficient (Wildman–Crippen LogP) is 1.19. The number of carbonyl (C=O) groups excluding carboxylic acids is 2. The standard InChI is InChI=1S/C17H22N4O3/c1-12(2)11-18-16(22)15-19-14(13-5-3-4-6-21(13)15)17(23)20-7-9-24-10-8-20/h3-6,12H,7-11H2,1-2H3,(H,18,22). The summed E-state index contributed by atoms with van der Waals surface area (Å²) in [5, 5.41) is 2.86. The van der Waals surface area contributed by atoms with Crippen molar-refractivity contribution >= 4 is 17.3 Å². The molecule has 0 aromatic carbocycles. The molecule has 1 saturated heterocycles. The summed E-state index contributed by atoms with van der Waals surface area (Å²) in [5.74, 6) is 0.147. The summed E-state index contributed by atoms with van der Waals surface area (Å²) in [5.41, 5.74) is 0.955. The maximum atomic E-state index is 12.8. The van der Waals surface area contributed by atoms with Crippen molar-refractivity contribution in [3.05, 3.63) is 35.9 Å². The van der Waals surface area contributed by atoms with Crippen LogP contribution in [0.1, 0.15) is 35.0 Å². The summed E-state index contributed by atoms with van der Waals surface area (Å²) >= 11 is 0. The molecular weight excluding hydrogens is 308 g/mol. The molecule has 1 fully saturated rings. The second-order valence-electron chi connectivity index (χ2n) is 6.25. The SMILES string of the molecule is CC(C)CNC(=O)c1nc(C(=O)N2CCOCC2)c2ccccn12. The Morgan fingerprint density at radius 3 is 2.75 bits per heavy atom. The zero-order valence-corrected chi connectivity index (χ0v) is 14.0. The quantitative estimate of drug-likeness (QED) is 0.914. The van der Waals surface area contributed by atoms with E-state index in [0.29, 0.717) is 50.0 Å². The lowest BCUT2D eigenvalue weighted by Crippen LogP contribution is -2.41. The van der Waals surface area contributed by atoms with Crippen LogP contribution in [0.3, 0.4) is 0 Å². The lowest BCUT2D eigenvalue weighted by Gasteiger charge is -2.26. The van der Waals surface area contributed by atoms with E-state index in [0.717, 1.165) is 0 Å². The molecule has 0 saturated carbocycles. The smallest absolute Gasteiger partial charge is 0.287 e. The third kappa shape index (κ3) is 3.26. The molecule has 3 rings (SSSR count). The van der Waals surface area contributed by atoms with Crippen molar-refractivity contribution in [1.82, 2.24) is 19.6 Å². The van der Waals surface area contributed by atoms with Crippen molar-refractivity contribution in [3.63, 3.8) is 0 Å². The first-order valence-electron chi connectivity index (χ1n) is 8.20. The van der Waals surface area contributed by atoms with Gasteiger partial charge >= 0.3 is 0 Å². The summed E-state index contributed by atoms with van der Waals surface area (Å²) in [7, 11) is 0. The molecule has 0 bridgehead atoms. The molecule has 0 unspecified atom stereocenters. The molecule has 7 nitrogen and oxygen atoms in total. The van der Waals surface area contributed by atoms with Gasteiger partial charge in [-0.15, -0.1) is 0 Å². The maximum Gasteiger partial charge on any atom is 0.287 e. The predicted molar refractivity (Wildman–Crippen MR) is 89.1 cm³/mol. The molecule has 2 aromatic heterocycles. The first-order chi connectivity index (χ1) is 11.6. The number of fused-ring (bicyclic) bond motifs is 1. The van der Waals surface area contributed by atoms with Crippen molar-refractivity contribution < 1.29 is 14.3 Å². The van der Waals surface area contributed by atoms with E-state index in [4.69, 9.17) is 4.74 Å². The van der Waals surface area contributed by atoms with E-state index in [1.54, 1.807) is 21.6 Å². The normalized spacial score (nSPS) is 15.0. The maximum absolute atomic E-state index is 12.8. The summed E-state index contributed by atoms with van der Waals surface area (Å²) in [4.78, 5) is 31.3. The number of ether oxygens (including phenoxy) is 1. The van der Waals surface area contributed by atoms with Crippen LogP contribution in [0.4, 0.5) is 0 Å². The number of carbonyl (C=O) groups is 2. The van der Waals surface area contributed by atoms with E-state index in [2.05, 4.69) is 10.3 Å². The van der Waals surface area contributed by atoms with E-state index in [-0.39, 0.29) is 17.6 Å². The van der Waals surface area contributed by atoms with Gasteiger partial charge in [0.1, 0.15) is 0 Å². The monoisotopic (exact) mass is 330 g/mol. The molecule has 0 atom stereocenters. The molecule has 0 aliphatic carbocycles. The van der Waals surface area contributed by atoms with Crippen molar-refractivity contribution in [1.29, 1.82) is 0 Å². The molecule has 2 amide bonds. The first-order valence-corrected chi connectivity index (χ1v) is 8.20. The number of imidazole rings is 1. The van der Waals surface area contributed by atoms with Crippen molar-refractivity contribution in [3.8, 4) is 0 Å². The highest BCUT2D eigenvalue weighted by atomic mass is 16.5. The number of nitrogens with one attached hydrogen (secondary N) is 1. The van der Waals surface area contributed by atoms with Gasteiger partial charge in [-0.3, -0.25) is 14.0 Å². The van der Waals surface area contributed by atoms with E-state index in [9.17, 15) is 9.59 Å². The van der Waals surface area contributed by atoms with Gasteiger partial charge < -0.3 is 15.0 Å². The van der Waals surface area contributed by atoms with Gasteiger partial charge in [0, 0.05) is 25.8 Å². The molecule has 2 aromatic rings. The topological polar surface area (TPSA) is 75.9 Å². The highest BCUT2D eigenvalue weighted by Crippen LogP contribution is 2.16. The summed E-state index contributed by atoms with van der Waals surface area (Å²) in [6.45, 7) is 6.75. The van der Waals surface area contributed by atoms with Crippen LogP contribution in [0, 0.1) is 5.92 Å². The van der Waals surface area contributed by atoms with Gasteiger partial charge in [0.2, 0.25) is 5.82 Å². The van der Waals surface area contributed by atoms with E-state index in [1.165, 1.54) is 0 Å². The number of hydrogen-bond acceptors (Lipinski definition) is 4. The minimum absolute atomic E-state index is 0.162. The molecule has 0 radical (unpaired) electrons. The lowest BCUT2D eigenvalue weighted by atomic mass is 10.2. The Hall–Kier alpha value is -2.41. The average molecular weight is 330 g/mol. The van der Waals surface area contributed by atoms with Gasteiger partial charge in [-0.2, -0.15) is 0 Å². The van der Waals surface area contributed by atoms with Gasteiger partial charge in [-0.1, -0.05) is 19.9 Å². The second kappa shape index (κ2) is 7.00. The van der Waals surface area contributed by atoms with Crippen LogP contribution < -0.4 is 5.32 Å². The van der Waals surface area contributed by atoms with Crippen LogP contribution in [0.2, 0.25) is 0 Å². The molecule has 7 heteroatoms. The number of nitrogens with zero attached hydrogens (tertiary/aromatic N) is 3. The Balaban J connectivity index is 1.94. The fraction of sp³-hybridized carbons (Fsp3) is 0.471. The van der Waals surface area contributed by atoms with E-state index < -0.39 is 0 Å². The van der Waals surface area contributed by atoms with Gasteiger partial charge in [0.15, 0.2) is 5.69 Å². The van der Waals surface area contributed by atoms with Gasteiger partial charge in [-0.05, 0) is 18.1 Å². The minimum atomic E-state index is -0.272. The van der Waals surface area contributed by atoms with E-state index >= 15 is 0 Å². The highest BCUT2D eigenvalue weighted by molar-refractivity contribution is 6.02. The highest BCUT2D eigenvalue weighted by Gasteiger charge is 2.26. The van der Waals surface area contributed by atoms with Crippen LogP contribution in [0.25, 0.3) is 5.52 Å². The van der Waals surface area contributed by atoms with Crippen LogP contribution in [-0.2, 0) is 4.74 Å². The van der Waals surface area contributed by atoms with Crippen molar-refractivity contribution in [2.75, 3.05) is 32.8 Å². The number of aromatic nitrogens is 2. The van der Waals surface area contributed by atoms with Crippen molar-refractivity contribution in [2.24, 2.45) is 5.92 Å². The Bertz CT molecular complexity index is 747. The van der Waals surface area contributed by atoms with Crippen LogP contribution in [-0.4, -0.2) is 58.9 Å². The van der Waals surface area contributed by atoms with Gasteiger partial charge in [0.25, 0.3) is 11.8 Å². The zero-order valence-electron chi connectivity index (χ0n) is 14.0. The molecule has 0 spiro atoms. The van der Waals surface area contributed by atoms with Crippen molar-refractivity contribution in [2.45, 2.75) is 13.8 Å². The Labute approximate surface area is 140 Å². The van der Waals surface area contributed by atoms with Gasteiger partial charge in [0.05, 0.1) is 18.7 Å². The molecule has 1 N–H and O–H groups in total. The van der Waals surface area contributed by atoms with E-state index in [1.807, 2.05) is 26.0 Å². The number of morpholine rings is 1. The molecule has 1 aliphatic heterocycles. The lowest BCUT2D eigenvalue weighted by molar-refractivity contribution is 0.0300. The third-order valence-corrected chi connectivity index (χ3v) is 3.92. The molecular formula is C17H22N4O3. The van der Waals surface area contributed by atoms with Gasteiger partial charge in [-0.25, -0.2) is 4.98 Å². The third-order valence-electron chi connectivity index (χ3n) is 3.92. The number of pyridine rings is 1. The second-order valence-corrected chi connectivity index (χ2v) is 6.25. The van der Waals surface area contributed by atoms with Crippen LogP contribution >= 0.6 is 0 Å².